The summed E-state index contributed by atoms with van der Waals surface area (Å²) in [5.41, 5.74) is 0. The molecule has 0 aromatic heterocycles. The van der Waals surface area contributed by atoms with Gasteiger partial charge in [0.2, 0.25) is 0 Å². The van der Waals surface area contributed by atoms with Crippen LogP contribution < -0.4 is 5.30 Å². The molecule has 0 bridgehead atoms. The largest absolute Gasteiger partial charge is 0.361 e. The van der Waals surface area contributed by atoms with Crippen molar-refractivity contribution in [2.24, 2.45) is 0 Å². The van der Waals surface area contributed by atoms with Crippen molar-refractivity contribution in [3.63, 3.8) is 0 Å². The van der Waals surface area contributed by atoms with E-state index in [1.54, 1.807) is 18.2 Å². The predicted octanol–water partition coefficient (Wildman–Crippen LogP) is 3.25. The van der Waals surface area contributed by atoms with E-state index in [1.165, 1.54) is 0 Å². The normalized spacial score (nSPS) is 20.1. The number of benzene rings is 1. The summed E-state index contributed by atoms with van der Waals surface area (Å²) < 4.78 is 22.5. The molecule has 1 aromatic carbocycles. The molecular weight excluding hydrogens is 258 g/mol. The molecule has 1 aliphatic heterocycles. The van der Waals surface area contributed by atoms with Gasteiger partial charge in [-0.15, -0.1) is 0 Å². The quantitative estimate of drug-likeness (QED) is 0.732. The number of halogens is 2. The maximum Gasteiger partial charge on any atom is 0.361 e. The lowest BCUT2D eigenvalue weighted by molar-refractivity contribution is 0.154. The molecule has 0 saturated carbocycles. The summed E-state index contributed by atoms with van der Waals surface area (Å²) in [6.45, 7) is 0.864. The average Bonchev–Trinajstić information content (AvgIpc) is 2.17. The Hall–Kier alpha value is -0.0500. The Kier molecular flexibility index (Phi) is 3.39. The molecule has 0 amide bonds. The predicted molar refractivity (Wildman–Crippen MR) is 60.2 cm³/mol. The lowest BCUT2D eigenvalue weighted by Gasteiger charge is -2.23. The van der Waals surface area contributed by atoms with Crippen molar-refractivity contribution < 1.29 is 13.6 Å². The van der Waals surface area contributed by atoms with Crippen LogP contribution in [0.15, 0.2) is 18.2 Å². The van der Waals surface area contributed by atoms with Gasteiger partial charge < -0.3 is 9.05 Å². The molecule has 0 radical (unpaired) electrons. The van der Waals surface area contributed by atoms with Crippen LogP contribution in [-0.2, 0) is 13.6 Å². The second-order valence-corrected chi connectivity index (χ2v) is 6.05. The summed E-state index contributed by atoms with van der Waals surface area (Å²) in [4.78, 5) is 0. The van der Waals surface area contributed by atoms with Crippen LogP contribution in [-0.4, -0.2) is 13.2 Å². The zero-order valence-electron chi connectivity index (χ0n) is 7.78. The molecule has 1 saturated heterocycles. The lowest BCUT2D eigenvalue weighted by atomic mass is 10.4. The summed E-state index contributed by atoms with van der Waals surface area (Å²) >= 11 is 11.6. The van der Waals surface area contributed by atoms with Gasteiger partial charge in [-0.3, -0.25) is 4.57 Å². The first-order valence-electron chi connectivity index (χ1n) is 4.46. The van der Waals surface area contributed by atoms with Crippen LogP contribution in [0.3, 0.4) is 0 Å². The van der Waals surface area contributed by atoms with Gasteiger partial charge in [0.15, 0.2) is 0 Å². The SMILES string of the molecule is O=P1(c2cc(Cl)cc(Cl)c2)OCCCO1. The Bertz CT molecular complexity index is 392. The van der Waals surface area contributed by atoms with Crippen LogP contribution in [0.4, 0.5) is 0 Å². The molecule has 0 unspecified atom stereocenters. The van der Waals surface area contributed by atoms with E-state index in [0.29, 0.717) is 28.6 Å². The van der Waals surface area contributed by atoms with Crippen molar-refractivity contribution in [3.8, 4) is 0 Å². The molecule has 0 spiro atoms. The molecule has 82 valence electrons. The maximum absolute atomic E-state index is 12.2. The van der Waals surface area contributed by atoms with Gasteiger partial charge in [-0.05, 0) is 24.6 Å². The topological polar surface area (TPSA) is 35.5 Å². The number of hydrogen-bond acceptors (Lipinski definition) is 3. The Balaban J connectivity index is 2.39. The van der Waals surface area contributed by atoms with Crippen molar-refractivity contribution in [2.45, 2.75) is 6.42 Å². The Morgan fingerprint density at radius 3 is 2.13 bits per heavy atom. The highest BCUT2D eigenvalue weighted by Gasteiger charge is 2.30. The third-order valence-electron chi connectivity index (χ3n) is 1.97. The van der Waals surface area contributed by atoms with Gasteiger partial charge >= 0.3 is 7.60 Å². The Labute approximate surface area is 97.8 Å². The van der Waals surface area contributed by atoms with E-state index >= 15 is 0 Å². The van der Waals surface area contributed by atoms with Crippen LogP contribution in [0.2, 0.25) is 10.0 Å². The zero-order chi connectivity index (χ0) is 10.9. The fourth-order valence-corrected chi connectivity index (χ4v) is 3.70. The zero-order valence-corrected chi connectivity index (χ0v) is 10.2. The molecule has 1 aromatic rings. The van der Waals surface area contributed by atoms with Gasteiger partial charge in [0.05, 0.1) is 18.5 Å². The van der Waals surface area contributed by atoms with Crippen LogP contribution in [0.5, 0.6) is 0 Å². The van der Waals surface area contributed by atoms with Crippen molar-refractivity contribution >= 4 is 36.1 Å². The van der Waals surface area contributed by atoms with Crippen molar-refractivity contribution in [1.29, 1.82) is 0 Å². The van der Waals surface area contributed by atoms with Crippen LogP contribution in [0, 0.1) is 0 Å². The highest BCUT2D eigenvalue weighted by atomic mass is 35.5. The molecule has 15 heavy (non-hydrogen) atoms. The fraction of sp³-hybridized carbons (Fsp3) is 0.333. The molecule has 6 heteroatoms. The van der Waals surface area contributed by atoms with Gasteiger partial charge in [-0.25, -0.2) is 0 Å². The minimum absolute atomic E-state index is 0.416. The third kappa shape index (κ3) is 2.55. The van der Waals surface area contributed by atoms with Gasteiger partial charge in [-0.2, -0.15) is 0 Å². The van der Waals surface area contributed by atoms with Crippen LogP contribution in [0.1, 0.15) is 6.42 Å². The highest BCUT2D eigenvalue weighted by Crippen LogP contribution is 2.49. The Morgan fingerprint density at radius 2 is 1.60 bits per heavy atom. The smallest absolute Gasteiger partial charge is 0.305 e. The minimum atomic E-state index is -3.19. The molecular formula is C9H9Cl2O3P. The van der Waals surface area contributed by atoms with Crippen molar-refractivity contribution in [2.75, 3.05) is 13.2 Å². The minimum Gasteiger partial charge on any atom is -0.305 e. The number of hydrogen-bond donors (Lipinski definition) is 0. The molecule has 3 nitrogen and oxygen atoms in total. The van der Waals surface area contributed by atoms with E-state index in [2.05, 4.69) is 0 Å². The van der Waals surface area contributed by atoms with Gasteiger partial charge in [0.25, 0.3) is 0 Å². The van der Waals surface area contributed by atoms with Crippen molar-refractivity contribution in [3.05, 3.63) is 28.2 Å². The molecule has 1 heterocycles. The summed E-state index contributed by atoms with van der Waals surface area (Å²) in [5.74, 6) is 0. The summed E-state index contributed by atoms with van der Waals surface area (Å²) in [6.07, 6.45) is 0.748. The van der Waals surface area contributed by atoms with E-state index in [4.69, 9.17) is 32.2 Å². The van der Waals surface area contributed by atoms with Gasteiger partial charge in [0.1, 0.15) is 0 Å². The summed E-state index contributed by atoms with van der Waals surface area (Å²) in [7, 11) is -3.19. The Morgan fingerprint density at radius 1 is 1.07 bits per heavy atom. The fourth-order valence-electron chi connectivity index (χ4n) is 1.31. The first-order valence-corrected chi connectivity index (χ1v) is 6.76. The van der Waals surface area contributed by atoms with Crippen LogP contribution >= 0.6 is 30.8 Å². The highest BCUT2D eigenvalue weighted by molar-refractivity contribution is 7.62. The van der Waals surface area contributed by atoms with Gasteiger partial charge in [0, 0.05) is 10.0 Å². The first kappa shape index (κ1) is 11.4. The van der Waals surface area contributed by atoms with Crippen LogP contribution in [0.25, 0.3) is 0 Å². The monoisotopic (exact) mass is 266 g/mol. The lowest BCUT2D eigenvalue weighted by Crippen LogP contribution is -2.16. The first-order chi connectivity index (χ1) is 7.10. The number of rotatable bonds is 1. The van der Waals surface area contributed by atoms with E-state index in [-0.39, 0.29) is 0 Å². The molecule has 1 aliphatic rings. The van der Waals surface area contributed by atoms with E-state index in [9.17, 15) is 4.57 Å². The van der Waals surface area contributed by atoms with E-state index in [1.807, 2.05) is 0 Å². The second kappa shape index (κ2) is 4.44. The summed E-state index contributed by atoms with van der Waals surface area (Å²) in [6, 6.07) is 4.68. The maximum atomic E-state index is 12.2. The average molecular weight is 267 g/mol. The molecule has 1 fully saturated rings. The second-order valence-electron chi connectivity index (χ2n) is 3.15. The third-order valence-corrected chi connectivity index (χ3v) is 4.35. The standard InChI is InChI=1S/C9H9Cl2O3P/c10-7-4-8(11)6-9(5-7)15(12)13-2-1-3-14-15/h4-6H,1-3H2. The molecule has 0 aliphatic carbocycles. The molecule has 0 N–H and O–H groups in total. The van der Waals surface area contributed by atoms with E-state index < -0.39 is 7.60 Å². The van der Waals surface area contributed by atoms with Crippen molar-refractivity contribution in [1.82, 2.24) is 0 Å². The summed E-state index contributed by atoms with van der Waals surface area (Å²) in [5, 5.41) is 1.26. The van der Waals surface area contributed by atoms with E-state index in [0.717, 1.165) is 6.42 Å². The molecule has 2 rings (SSSR count). The molecule has 0 atom stereocenters. The van der Waals surface area contributed by atoms with Gasteiger partial charge in [-0.1, -0.05) is 23.2 Å².